The van der Waals surface area contributed by atoms with E-state index < -0.39 is 82.7 Å². The van der Waals surface area contributed by atoms with Crippen molar-refractivity contribution in [1.82, 2.24) is 0 Å². The third-order valence-corrected chi connectivity index (χ3v) is 3.87. The molecular weight excluding hydrogens is 450 g/mol. The van der Waals surface area contributed by atoms with Crippen molar-refractivity contribution < 1.29 is 54.9 Å². The van der Waals surface area contributed by atoms with Crippen LogP contribution in [0.3, 0.4) is 0 Å². The highest BCUT2D eigenvalue weighted by molar-refractivity contribution is 5.91. The monoisotopic (exact) mass is 464 g/mol. The zero-order valence-corrected chi connectivity index (χ0v) is 16.4. The van der Waals surface area contributed by atoms with Crippen LogP contribution in [0.25, 0.3) is 0 Å². The first-order chi connectivity index (χ1) is 15.1. The number of methoxy groups -OCH3 is 2. The summed E-state index contributed by atoms with van der Waals surface area (Å²) in [5.41, 5.74) is -1.83. The van der Waals surface area contributed by atoms with Gasteiger partial charge in [-0.25, -0.2) is 27.2 Å². The van der Waals surface area contributed by atoms with Gasteiger partial charge in [0.15, 0.2) is 34.8 Å². The van der Waals surface area contributed by atoms with Gasteiger partial charge in [-0.3, -0.25) is 0 Å². The minimum atomic E-state index is -1.61. The van der Waals surface area contributed by atoms with E-state index in [0.717, 1.165) is 26.4 Å². The lowest BCUT2D eigenvalue weighted by atomic mass is 10.2. The molecule has 0 amide bonds. The summed E-state index contributed by atoms with van der Waals surface area (Å²) in [5.74, 6) is -14.1. The summed E-state index contributed by atoms with van der Waals surface area (Å²) in [4.78, 5) is 23.7. The first-order valence-electron chi connectivity index (χ1n) is 8.56. The number of rotatable bonds is 8. The fraction of sp³-hybridized carbons (Fsp3) is 0.200. The van der Waals surface area contributed by atoms with E-state index in [1.807, 2.05) is 0 Å². The zero-order valence-electron chi connectivity index (χ0n) is 16.4. The average molecular weight is 464 g/mol. The quantitative estimate of drug-likeness (QED) is 0.254. The minimum absolute atomic E-state index is 0.297. The second kappa shape index (κ2) is 10.6. The number of hydrogen-bond acceptors (Lipinski definition) is 6. The van der Waals surface area contributed by atoms with Gasteiger partial charge < -0.3 is 18.9 Å². The van der Waals surface area contributed by atoms with Crippen LogP contribution in [0.1, 0.15) is 20.7 Å². The lowest BCUT2D eigenvalue weighted by Gasteiger charge is -2.09. The second-order valence-corrected chi connectivity index (χ2v) is 5.80. The van der Waals surface area contributed by atoms with Gasteiger partial charge in [-0.1, -0.05) is 0 Å². The number of hydrogen-bond donors (Lipinski definition) is 0. The van der Waals surface area contributed by atoms with Crippen LogP contribution in [0.15, 0.2) is 24.3 Å². The highest BCUT2D eigenvalue weighted by Crippen LogP contribution is 2.28. The third-order valence-electron chi connectivity index (χ3n) is 3.87. The molecular formula is C20H14F6O6. The van der Waals surface area contributed by atoms with Crippen LogP contribution in [0.4, 0.5) is 26.3 Å². The lowest BCUT2D eigenvalue weighted by molar-refractivity contribution is 0.0519. The van der Waals surface area contributed by atoms with E-state index in [1.54, 1.807) is 0 Å². The number of benzene rings is 2. The van der Waals surface area contributed by atoms with E-state index in [-0.39, 0.29) is 0 Å². The molecule has 2 rings (SSSR count). The van der Waals surface area contributed by atoms with E-state index in [1.165, 1.54) is 0 Å². The molecule has 12 heteroatoms. The van der Waals surface area contributed by atoms with E-state index in [0.29, 0.717) is 12.1 Å². The van der Waals surface area contributed by atoms with Crippen molar-refractivity contribution in [2.75, 3.05) is 27.4 Å². The maximum absolute atomic E-state index is 14.0. The third kappa shape index (κ3) is 5.13. The van der Waals surface area contributed by atoms with Crippen LogP contribution in [-0.2, 0) is 9.47 Å². The molecule has 0 aromatic heterocycles. The number of halogens is 6. The predicted octanol–water partition coefficient (Wildman–Crippen LogP) is 4.11. The molecule has 172 valence electrons. The smallest absolute Gasteiger partial charge is 0.341 e. The first-order valence-corrected chi connectivity index (χ1v) is 8.56. The molecule has 2 aromatic rings. The van der Waals surface area contributed by atoms with Crippen LogP contribution in [0.5, 0.6) is 11.5 Å². The van der Waals surface area contributed by atoms with Crippen molar-refractivity contribution in [2.45, 2.75) is 0 Å². The Morgan fingerprint density at radius 1 is 0.688 bits per heavy atom. The van der Waals surface area contributed by atoms with Gasteiger partial charge in [0, 0.05) is 0 Å². The topological polar surface area (TPSA) is 71.1 Å². The van der Waals surface area contributed by atoms with Crippen molar-refractivity contribution >= 4 is 11.9 Å². The molecule has 0 spiro atoms. The molecule has 0 aliphatic rings. The molecule has 0 aliphatic heterocycles. The fourth-order valence-corrected chi connectivity index (χ4v) is 2.36. The molecule has 0 radical (unpaired) electrons. The van der Waals surface area contributed by atoms with Crippen LogP contribution in [0.2, 0.25) is 0 Å². The first kappa shape index (κ1) is 24.6. The maximum Gasteiger partial charge on any atom is 0.341 e. The van der Waals surface area contributed by atoms with Crippen molar-refractivity contribution in [3.8, 4) is 11.5 Å². The summed E-state index contributed by atoms with van der Waals surface area (Å²) in [6, 6.07) is 0.595. The Morgan fingerprint density at radius 3 is 1.34 bits per heavy atom. The summed E-state index contributed by atoms with van der Waals surface area (Å²) in [6.45, 7) is -0.991. The molecule has 0 N–H and O–H groups in total. The van der Waals surface area contributed by atoms with Crippen LogP contribution in [0, 0.1) is 34.9 Å². The van der Waals surface area contributed by atoms with Crippen LogP contribution < -0.4 is 9.47 Å². The van der Waals surface area contributed by atoms with Crippen molar-refractivity contribution in [3.05, 3.63) is 70.3 Å². The number of carbonyl (C=O) groups excluding carboxylic acids is 2. The summed E-state index contributed by atoms with van der Waals surface area (Å²) < 4.78 is 99.6. The van der Waals surface area contributed by atoms with Gasteiger partial charge in [-0.15, -0.1) is 0 Å². The predicted molar refractivity (Wildman–Crippen MR) is 95.4 cm³/mol. The van der Waals surface area contributed by atoms with E-state index in [9.17, 15) is 35.9 Å². The second-order valence-electron chi connectivity index (χ2n) is 5.80. The Kier molecular flexibility index (Phi) is 8.10. The standard InChI is InChI=1S/C20H14F6O6/c1-29-17-13(23)9(7-11(21)15(17)25)19(27)31-5-3-4-6-32-20(28)10-8-12(22)16(26)18(30-2)14(10)24/h3-4,7-8H,5-6H2,1-2H3. The Hall–Kier alpha value is -3.70. The van der Waals surface area contributed by atoms with Gasteiger partial charge in [0.25, 0.3) is 0 Å². The maximum atomic E-state index is 14.0. The fourth-order valence-electron chi connectivity index (χ4n) is 2.36. The largest absolute Gasteiger partial charge is 0.491 e. The number of ether oxygens (including phenoxy) is 4. The molecule has 0 aliphatic carbocycles. The Labute approximate surface area is 176 Å². The zero-order chi connectivity index (χ0) is 24.0. The van der Waals surface area contributed by atoms with Crippen LogP contribution in [-0.4, -0.2) is 39.4 Å². The van der Waals surface area contributed by atoms with Gasteiger partial charge in [0.2, 0.25) is 11.6 Å². The SMILES string of the molecule is COc1c(F)c(F)cc(C(=O)OCC=CCOC(=O)c2cc(F)c(F)c(OC)c2F)c1F. The summed E-state index contributed by atoms with van der Waals surface area (Å²) in [6.07, 6.45) is 2.25. The number of esters is 2. The van der Waals surface area contributed by atoms with Gasteiger partial charge in [-0.2, -0.15) is 8.78 Å². The Bertz CT molecular complexity index is 986. The molecule has 0 atom stereocenters. The van der Waals surface area contributed by atoms with Crippen LogP contribution >= 0.6 is 0 Å². The van der Waals surface area contributed by atoms with Gasteiger partial charge in [0.05, 0.1) is 14.2 Å². The van der Waals surface area contributed by atoms with E-state index in [2.05, 4.69) is 18.9 Å². The molecule has 6 nitrogen and oxygen atoms in total. The van der Waals surface area contributed by atoms with Crippen molar-refractivity contribution in [1.29, 1.82) is 0 Å². The van der Waals surface area contributed by atoms with Gasteiger partial charge in [0.1, 0.15) is 24.3 Å². The molecule has 0 saturated carbocycles. The lowest BCUT2D eigenvalue weighted by Crippen LogP contribution is -2.12. The molecule has 32 heavy (non-hydrogen) atoms. The molecule has 0 saturated heterocycles. The molecule has 0 bridgehead atoms. The van der Waals surface area contributed by atoms with E-state index in [4.69, 9.17) is 0 Å². The highest BCUT2D eigenvalue weighted by Gasteiger charge is 2.25. The summed E-state index contributed by atoms with van der Waals surface area (Å²) >= 11 is 0. The summed E-state index contributed by atoms with van der Waals surface area (Å²) in [7, 11) is 1.75. The Balaban J connectivity index is 1.94. The normalized spacial score (nSPS) is 10.9. The minimum Gasteiger partial charge on any atom is -0.491 e. The molecule has 0 fully saturated rings. The molecule has 2 aromatic carbocycles. The van der Waals surface area contributed by atoms with Crippen molar-refractivity contribution in [2.24, 2.45) is 0 Å². The Morgan fingerprint density at radius 2 is 1.03 bits per heavy atom. The molecule has 0 heterocycles. The molecule has 0 unspecified atom stereocenters. The average Bonchev–Trinajstić information content (AvgIpc) is 2.76. The highest BCUT2D eigenvalue weighted by atomic mass is 19.2. The van der Waals surface area contributed by atoms with Gasteiger partial charge >= 0.3 is 11.9 Å². The van der Waals surface area contributed by atoms with Crippen molar-refractivity contribution in [3.63, 3.8) is 0 Å². The van der Waals surface area contributed by atoms with Gasteiger partial charge in [-0.05, 0) is 24.3 Å². The van der Waals surface area contributed by atoms with E-state index >= 15 is 0 Å². The number of carbonyl (C=O) groups is 2. The summed E-state index contributed by atoms with van der Waals surface area (Å²) in [5, 5.41) is 0.